The first-order valence-electron chi connectivity index (χ1n) is 9.55. The molecule has 0 saturated carbocycles. The molecule has 9 heteroatoms. The third kappa shape index (κ3) is 4.35. The molecule has 0 amide bonds. The van der Waals surface area contributed by atoms with Gasteiger partial charge in [0.1, 0.15) is 10.7 Å². The van der Waals surface area contributed by atoms with Crippen LogP contribution in [0.25, 0.3) is 27.6 Å². The molecule has 4 rings (SSSR count). The molecule has 0 unspecified atom stereocenters. The molecular weight excluding hydrogens is 494 g/mol. The van der Waals surface area contributed by atoms with Crippen LogP contribution in [0.4, 0.5) is 0 Å². The standard InChI is InChI=1S/C22H18Cl4N4S/c1-4-22(2,3)21-28-27-20(31-21)18-17(26)19(12-5-7-13(23)8-6-12)30(29-18)16-10-9-14(24)11-15(16)25/h5-11H,4H2,1-3H3. The lowest BCUT2D eigenvalue weighted by molar-refractivity contribution is 0.498. The Morgan fingerprint density at radius 3 is 2.26 bits per heavy atom. The second-order valence-electron chi connectivity index (χ2n) is 7.68. The maximum atomic E-state index is 6.88. The van der Waals surface area contributed by atoms with Crippen LogP contribution in [0.2, 0.25) is 20.1 Å². The van der Waals surface area contributed by atoms with Crippen LogP contribution < -0.4 is 0 Å². The minimum absolute atomic E-state index is 0.0799. The summed E-state index contributed by atoms with van der Waals surface area (Å²) in [5.74, 6) is 0. The zero-order valence-corrected chi connectivity index (χ0v) is 20.8. The molecule has 0 aliphatic heterocycles. The molecule has 0 saturated heterocycles. The average molecular weight is 512 g/mol. The minimum Gasteiger partial charge on any atom is -0.229 e. The van der Waals surface area contributed by atoms with Crippen molar-refractivity contribution < 1.29 is 0 Å². The van der Waals surface area contributed by atoms with E-state index >= 15 is 0 Å². The van der Waals surface area contributed by atoms with Crippen LogP contribution in [-0.4, -0.2) is 20.0 Å². The van der Waals surface area contributed by atoms with Gasteiger partial charge in [0.2, 0.25) is 0 Å². The fourth-order valence-corrected chi connectivity index (χ4v) is 4.96. The van der Waals surface area contributed by atoms with E-state index in [-0.39, 0.29) is 5.41 Å². The lowest BCUT2D eigenvalue weighted by Crippen LogP contribution is -2.14. The Morgan fingerprint density at radius 2 is 1.61 bits per heavy atom. The van der Waals surface area contributed by atoms with Crippen LogP contribution in [0.15, 0.2) is 42.5 Å². The number of hydrogen-bond acceptors (Lipinski definition) is 4. The molecule has 4 nitrogen and oxygen atoms in total. The van der Waals surface area contributed by atoms with Gasteiger partial charge in [-0.1, -0.05) is 90.6 Å². The van der Waals surface area contributed by atoms with Crippen molar-refractivity contribution >= 4 is 57.7 Å². The summed E-state index contributed by atoms with van der Waals surface area (Å²) in [6.45, 7) is 6.41. The van der Waals surface area contributed by atoms with Gasteiger partial charge in [-0.3, -0.25) is 0 Å². The van der Waals surface area contributed by atoms with E-state index in [0.29, 0.717) is 42.2 Å². The number of aromatic nitrogens is 4. The predicted octanol–water partition coefficient (Wildman–Crippen LogP) is 8.36. The molecule has 0 radical (unpaired) electrons. The first kappa shape index (κ1) is 22.6. The SMILES string of the molecule is CCC(C)(C)c1nnc(-c2nn(-c3ccc(Cl)cc3Cl)c(-c3ccc(Cl)cc3)c2Cl)s1. The van der Waals surface area contributed by atoms with E-state index < -0.39 is 0 Å². The molecule has 0 fully saturated rings. The van der Waals surface area contributed by atoms with Crippen molar-refractivity contribution in [3.63, 3.8) is 0 Å². The molecule has 2 aromatic heterocycles. The molecule has 0 bridgehead atoms. The van der Waals surface area contributed by atoms with Crippen LogP contribution in [0, 0.1) is 0 Å². The van der Waals surface area contributed by atoms with Gasteiger partial charge in [0.05, 0.1) is 21.4 Å². The van der Waals surface area contributed by atoms with E-state index in [1.165, 1.54) is 11.3 Å². The summed E-state index contributed by atoms with van der Waals surface area (Å²) in [6, 6.07) is 12.6. The van der Waals surface area contributed by atoms with Crippen LogP contribution in [-0.2, 0) is 5.41 Å². The van der Waals surface area contributed by atoms with Gasteiger partial charge in [-0.25, -0.2) is 4.68 Å². The first-order valence-corrected chi connectivity index (χ1v) is 11.9. The van der Waals surface area contributed by atoms with E-state index in [0.717, 1.165) is 17.0 Å². The summed E-state index contributed by atoms with van der Waals surface area (Å²) >= 11 is 27.1. The molecule has 0 N–H and O–H groups in total. The summed E-state index contributed by atoms with van der Waals surface area (Å²) in [7, 11) is 0. The topological polar surface area (TPSA) is 43.6 Å². The Balaban J connectivity index is 1.94. The highest BCUT2D eigenvalue weighted by molar-refractivity contribution is 7.14. The third-order valence-electron chi connectivity index (χ3n) is 5.17. The normalized spacial score (nSPS) is 11.8. The van der Waals surface area contributed by atoms with E-state index in [1.54, 1.807) is 28.9 Å². The van der Waals surface area contributed by atoms with E-state index in [9.17, 15) is 0 Å². The van der Waals surface area contributed by atoms with Crippen molar-refractivity contribution in [1.82, 2.24) is 20.0 Å². The monoisotopic (exact) mass is 510 g/mol. The Bertz CT molecular complexity index is 1250. The Kier molecular flexibility index (Phi) is 6.35. The Morgan fingerprint density at radius 1 is 0.935 bits per heavy atom. The summed E-state index contributed by atoms with van der Waals surface area (Å²) in [4.78, 5) is 0. The van der Waals surface area contributed by atoms with Crippen molar-refractivity contribution in [2.75, 3.05) is 0 Å². The van der Waals surface area contributed by atoms with Gasteiger partial charge in [0.15, 0.2) is 5.01 Å². The quantitative estimate of drug-likeness (QED) is 0.270. The zero-order valence-electron chi connectivity index (χ0n) is 17.0. The molecule has 0 atom stereocenters. The second kappa shape index (κ2) is 8.72. The third-order valence-corrected chi connectivity index (χ3v) is 7.62. The fraction of sp³-hybridized carbons (Fsp3) is 0.227. The highest BCUT2D eigenvalue weighted by atomic mass is 35.5. The van der Waals surface area contributed by atoms with Crippen molar-refractivity contribution in [3.8, 4) is 27.6 Å². The molecule has 0 aliphatic carbocycles. The summed E-state index contributed by atoms with van der Waals surface area (Å²) < 4.78 is 1.71. The van der Waals surface area contributed by atoms with E-state index in [2.05, 4.69) is 31.0 Å². The van der Waals surface area contributed by atoms with Crippen molar-refractivity contribution in [1.29, 1.82) is 0 Å². The molecular formula is C22H18Cl4N4S. The van der Waals surface area contributed by atoms with Gasteiger partial charge in [-0.05, 0) is 36.8 Å². The average Bonchev–Trinajstić information content (AvgIpc) is 3.34. The van der Waals surface area contributed by atoms with Crippen LogP contribution in [0.3, 0.4) is 0 Å². The van der Waals surface area contributed by atoms with Gasteiger partial charge in [0, 0.05) is 21.0 Å². The van der Waals surface area contributed by atoms with E-state index in [4.69, 9.17) is 51.5 Å². The van der Waals surface area contributed by atoms with Crippen LogP contribution >= 0.6 is 57.7 Å². The van der Waals surface area contributed by atoms with E-state index in [1.807, 2.05) is 18.2 Å². The molecule has 0 spiro atoms. The largest absolute Gasteiger partial charge is 0.229 e. The lowest BCUT2D eigenvalue weighted by atomic mass is 9.91. The van der Waals surface area contributed by atoms with Gasteiger partial charge in [-0.15, -0.1) is 10.2 Å². The Hall–Kier alpha value is -1.63. The number of benzene rings is 2. The molecule has 2 heterocycles. The maximum Gasteiger partial charge on any atom is 0.169 e. The number of nitrogens with zero attached hydrogens (tertiary/aromatic N) is 4. The Labute approximate surface area is 204 Å². The second-order valence-corrected chi connectivity index (χ2v) is 10.3. The molecule has 2 aromatic carbocycles. The minimum atomic E-state index is -0.0799. The number of halogens is 4. The van der Waals surface area contributed by atoms with Crippen molar-refractivity contribution in [2.45, 2.75) is 32.6 Å². The number of hydrogen-bond donors (Lipinski definition) is 0. The molecule has 4 aromatic rings. The smallest absolute Gasteiger partial charge is 0.169 e. The summed E-state index contributed by atoms with van der Waals surface area (Å²) in [5.41, 5.74) is 2.65. The maximum absolute atomic E-state index is 6.88. The summed E-state index contributed by atoms with van der Waals surface area (Å²) in [6.07, 6.45) is 0.945. The van der Waals surface area contributed by atoms with Crippen molar-refractivity contribution in [2.24, 2.45) is 0 Å². The van der Waals surface area contributed by atoms with Crippen LogP contribution in [0.5, 0.6) is 0 Å². The molecule has 0 aliphatic rings. The highest BCUT2D eigenvalue weighted by Gasteiger charge is 2.27. The first-order chi connectivity index (χ1) is 14.7. The summed E-state index contributed by atoms with van der Waals surface area (Å²) in [5, 5.41) is 17.3. The van der Waals surface area contributed by atoms with Gasteiger partial charge < -0.3 is 0 Å². The zero-order chi connectivity index (χ0) is 22.3. The van der Waals surface area contributed by atoms with Gasteiger partial charge in [-0.2, -0.15) is 5.10 Å². The van der Waals surface area contributed by atoms with Gasteiger partial charge in [0.25, 0.3) is 0 Å². The fourth-order valence-electron chi connectivity index (χ4n) is 2.96. The lowest BCUT2D eigenvalue weighted by Gasteiger charge is -2.17. The van der Waals surface area contributed by atoms with Crippen LogP contribution in [0.1, 0.15) is 32.2 Å². The highest BCUT2D eigenvalue weighted by Crippen LogP contribution is 2.42. The molecule has 31 heavy (non-hydrogen) atoms. The molecule has 160 valence electrons. The van der Waals surface area contributed by atoms with Gasteiger partial charge >= 0.3 is 0 Å². The number of rotatable bonds is 5. The van der Waals surface area contributed by atoms with Crippen molar-refractivity contribution in [3.05, 3.63) is 67.6 Å². The predicted molar refractivity (Wildman–Crippen MR) is 131 cm³/mol.